The molecule has 1 aromatic heterocycles. The smallest absolute Gasteiger partial charge is 0.273 e. The lowest BCUT2D eigenvalue weighted by atomic mass is 10.1. The van der Waals surface area contributed by atoms with Crippen LogP contribution in [-0.2, 0) is 11.2 Å². The molecule has 2 fully saturated rings. The number of benzene rings is 1. The first-order valence-electron chi connectivity index (χ1n) is 8.37. The number of carbonyl (C=O) groups excluding carboxylic acids is 2. The molecule has 130 valence electrons. The van der Waals surface area contributed by atoms with Gasteiger partial charge in [-0.2, -0.15) is 0 Å². The molecular formula is C18H18FN3O2S. The van der Waals surface area contributed by atoms with Crippen LogP contribution in [0.4, 0.5) is 4.39 Å². The molecule has 4 rings (SSSR count). The van der Waals surface area contributed by atoms with Gasteiger partial charge in [-0.1, -0.05) is 12.1 Å². The van der Waals surface area contributed by atoms with Crippen LogP contribution < -0.4 is 5.32 Å². The quantitative estimate of drug-likeness (QED) is 0.890. The summed E-state index contributed by atoms with van der Waals surface area (Å²) < 4.78 is 13.2. The molecule has 2 aromatic rings. The first kappa shape index (κ1) is 16.2. The molecule has 0 spiro atoms. The van der Waals surface area contributed by atoms with E-state index in [0.29, 0.717) is 25.2 Å². The highest BCUT2D eigenvalue weighted by Gasteiger charge is 2.36. The molecule has 0 radical (unpaired) electrons. The van der Waals surface area contributed by atoms with E-state index in [1.807, 2.05) is 6.07 Å². The number of rotatable bonds is 5. The Balaban J connectivity index is 1.31. The zero-order chi connectivity index (χ0) is 17.4. The van der Waals surface area contributed by atoms with Crippen molar-refractivity contribution >= 4 is 23.2 Å². The van der Waals surface area contributed by atoms with Crippen molar-refractivity contribution in [3.8, 4) is 0 Å². The van der Waals surface area contributed by atoms with Crippen LogP contribution in [0, 0.1) is 11.7 Å². The van der Waals surface area contributed by atoms with Crippen molar-refractivity contribution in [2.24, 2.45) is 5.92 Å². The van der Waals surface area contributed by atoms with Crippen LogP contribution in [0.3, 0.4) is 0 Å². The number of nitrogens with one attached hydrogen (secondary N) is 1. The maximum Gasteiger partial charge on any atom is 0.273 e. The molecule has 25 heavy (non-hydrogen) atoms. The summed E-state index contributed by atoms with van der Waals surface area (Å²) in [6, 6.07) is 6.45. The van der Waals surface area contributed by atoms with E-state index in [1.54, 1.807) is 16.3 Å². The molecule has 0 atom stereocenters. The Morgan fingerprint density at radius 2 is 2.12 bits per heavy atom. The predicted octanol–water partition coefficient (Wildman–Crippen LogP) is 2.22. The SMILES string of the molecule is O=C(NC1CN(C(=O)c2csc(Cc3cccc(F)c3)n2)C1)C1CC1. The van der Waals surface area contributed by atoms with Crippen LogP contribution in [0.5, 0.6) is 0 Å². The lowest BCUT2D eigenvalue weighted by molar-refractivity contribution is -0.123. The Morgan fingerprint density at radius 1 is 1.32 bits per heavy atom. The second-order valence-electron chi connectivity index (χ2n) is 6.62. The van der Waals surface area contributed by atoms with Gasteiger partial charge in [-0.15, -0.1) is 11.3 Å². The topological polar surface area (TPSA) is 62.3 Å². The van der Waals surface area contributed by atoms with Crippen LogP contribution in [0.25, 0.3) is 0 Å². The van der Waals surface area contributed by atoms with Crippen molar-refractivity contribution < 1.29 is 14.0 Å². The average Bonchev–Trinajstić information content (AvgIpc) is 3.30. The summed E-state index contributed by atoms with van der Waals surface area (Å²) in [5, 5.41) is 5.50. The number of hydrogen-bond acceptors (Lipinski definition) is 4. The molecule has 0 bridgehead atoms. The minimum atomic E-state index is -0.273. The van der Waals surface area contributed by atoms with Crippen molar-refractivity contribution in [2.75, 3.05) is 13.1 Å². The fourth-order valence-corrected chi connectivity index (χ4v) is 3.68. The number of hydrogen-bond donors (Lipinski definition) is 1. The third-order valence-corrected chi connectivity index (χ3v) is 5.33. The Labute approximate surface area is 148 Å². The second-order valence-corrected chi connectivity index (χ2v) is 7.57. The number of aromatic nitrogens is 1. The van der Waals surface area contributed by atoms with Crippen molar-refractivity contribution in [3.05, 3.63) is 51.7 Å². The van der Waals surface area contributed by atoms with Crippen LogP contribution in [-0.4, -0.2) is 40.8 Å². The number of likely N-dealkylation sites (tertiary alicyclic amines) is 1. The lowest BCUT2D eigenvalue weighted by Crippen LogP contribution is -2.61. The Bertz CT molecular complexity index is 812. The minimum absolute atomic E-state index is 0.0578. The Morgan fingerprint density at radius 3 is 2.84 bits per heavy atom. The van der Waals surface area contributed by atoms with Gasteiger partial charge in [-0.3, -0.25) is 9.59 Å². The van der Waals surface area contributed by atoms with Gasteiger partial charge in [0.05, 0.1) is 11.0 Å². The third kappa shape index (κ3) is 3.71. The van der Waals surface area contributed by atoms with Crippen molar-refractivity contribution in [1.82, 2.24) is 15.2 Å². The lowest BCUT2D eigenvalue weighted by Gasteiger charge is -2.39. The molecule has 7 heteroatoms. The van der Waals surface area contributed by atoms with Gasteiger partial charge in [0.2, 0.25) is 5.91 Å². The molecule has 5 nitrogen and oxygen atoms in total. The molecule has 1 saturated heterocycles. The highest BCUT2D eigenvalue weighted by Crippen LogP contribution is 2.29. The summed E-state index contributed by atoms with van der Waals surface area (Å²) in [5.74, 6) is -0.0827. The highest BCUT2D eigenvalue weighted by molar-refractivity contribution is 7.09. The molecular weight excluding hydrogens is 341 g/mol. The maximum absolute atomic E-state index is 13.2. The van der Waals surface area contributed by atoms with Gasteiger partial charge in [0, 0.05) is 30.8 Å². The Kier molecular flexibility index (Phi) is 4.25. The van der Waals surface area contributed by atoms with Crippen LogP contribution >= 0.6 is 11.3 Å². The molecule has 1 aliphatic carbocycles. The van der Waals surface area contributed by atoms with E-state index < -0.39 is 0 Å². The largest absolute Gasteiger partial charge is 0.350 e. The standard InChI is InChI=1S/C18H18FN3O2S/c19-13-3-1-2-11(6-13)7-16-21-15(10-25-16)18(24)22-8-14(9-22)20-17(23)12-4-5-12/h1-3,6,10,12,14H,4-5,7-9H2,(H,20,23). The van der Waals surface area contributed by atoms with E-state index in [1.165, 1.54) is 23.5 Å². The predicted molar refractivity (Wildman–Crippen MR) is 91.9 cm³/mol. The van der Waals surface area contributed by atoms with E-state index >= 15 is 0 Å². The van der Waals surface area contributed by atoms with Gasteiger partial charge in [-0.05, 0) is 30.5 Å². The second kappa shape index (κ2) is 6.55. The summed E-state index contributed by atoms with van der Waals surface area (Å²) in [7, 11) is 0. The molecule has 2 amide bonds. The number of thiazole rings is 1. The summed E-state index contributed by atoms with van der Waals surface area (Å²) in [6.07, 6.45) is 2.47. The van der Waals surface area contributed by atoms with E-state index in [-0.39, 0.29) is 29.6 Å². The maximum atomic E-state index is 13.2. The van der Waals surface area contributed by atoms with Gasteiger partial charge < -0.3 is 10.2 Å². The van der Waals surface area contributed by atoms with E-state index in [2.05, 4.69) is 10.3 Å². The number of halogens is 1. The molecule has 2 heterocycles. The average molecular weight is 359 g/mol. The van der Waals surface area contributed by atoms with Crippen LogP contribution in [0.1, 0.15) is 33.9 Å². The number of nitrogens with zero attached hydrogens (tertiary/aromatic N) is 2. The van der Waals surface area contributed by atoms with Gasteiger partial charge in [-0.25, -0.2) is 9.37 Å². The third-order valence-electron chi connectivity index (χ3n) is 4.48. The summed E-state index contributed by atoms with van der Waals surface area (Å²) in [4.78, 5) is 30.2. The van der Waals surface area contributed by atoms with Gasteiger partial charge in [0.25, 0.3) is 5.91 Å². The van der Waals surface area contributed by atoms with Crippen LogP contribution in [0.2, 0.25) is 0 Å². The van der Waals surface area contributed by atoms with Gasteiger partial charge in [0.1, 0.15) is 11.5 Å². The monoisotopic (exact) mass is 359 g/mol. The summed E-state index contributed by atoms with van der Waals surface area (Å²) in [6.45, 7) is 1.07. The zero-order valence-corrected chi connectivity index (χ0v) is 14.4. The minimum Gasteiger partial charge on any atom is -0.350 e. The van der Waals surface area contributed by atoms with Crippen molar-refractivity contribution in [2.45, 2.75) is 25.3 Å². The highest BCUT2D eigenvalue weighted by atomic mass is 32.1. The van der Waals surface area contributed by atoms with Crippen molar-refractivity contribution in [3.63, 3.8) is 0 Å². The molecule has 1 aliphatic heterocycles. The normalized spacial score (nSPS) is 17.2. The fourth-order valence-electron chi connectivity index (χ4n) is 2.87. The number of amides is 2. The fraction of sp³-hybridized carbons (Fsp3) is 0.389. The number of carbonyl (C=O) groups is 2. The van der Waals surface area contributed by atoms with E-state index in [0.717, 1.165) is 23.4 Å². The molecule has 1 aromatic carbocycles. The zero-order valence-electron chi connectivity index (χ0n) is 13.6. The Hall–Kier alpha value is -2.28. The first-order valence-corrected chi connectivity index (χ1v) is 9.25. The molecule has 0 unspecified atom stereocenters. The first-order chi connectivity index (χ1) is 12.1. The summed E-state index contributed by atoms with van der Waals surface area (Å²) >= 11 is 1.40. The van der Waals surface area contributed by atoms with E-state index in [9.17, 15) is 14.0 Å². The molecule has 2 aliphatic rings. The van der Waals surface area contributed by atoms with E-state index in [4.69, 9.17) is 0 Å². The van der Waals surface area contributed by atoms with Gasteiger partial charge >= 0.3 is 0 Å². The van der Waals surface area contributed by atoms with Crippen molar-refractivity contribution in [1.29, 1.82) is 0 Å². The van der Waals surface area contributed by atoms with Gasteiger partial charge in [0.15, 0.2) is 0 Å². The van der Waals surface area contributed by atoms with Crippen LogP contribution in [0.15, 0.2) is 29.6 Å². The summed E-state index contributed by atoms with van der Waals surface area (Å²) in [5.41, 5.74) is 1.25. The molecule has 1 N–H and O–H groups in total. The molecule has 1 saturated carbocycles.